The van der Waals surface area contributed by atoms with Crippen LogP contribution in [0.2, 0.25) is 0 Å². The number of ether oxygens (including phenoxy) is 1. The van der Waals surface area contributed by atoms with Crippen LogP contribution in [-0.2, 0) is 14.8 Å². The Kier molecular flexibility index (Phi) is 5.82. The zero-order chi connectivity index (χ0) is 9.61. The number of hydrogen-bond donors (Lipinski definition) is 0. The zero-order valence-corrected chi connectivity index (χ0v) is 8.86. The summed E-state index contributed by atoms with van der Waals surface area (Å²) >= 11 is 5.23. The van der Waals surface area contributed by atoms with Crippen molar-refractivity contribution in [3.8, 4) is 0 Å². The van der Waals surface area contributed by atoms with Gasteiger partial charge in [0.2, 0.25) is 10.0 Å². The lowest BCUT2D eigenvalue weighted by Gasteiger charge is -2.14. The van der Waals surface area contributed by atoms with Crippen molar-refractivity contribution in [1.82, 2.24) is 4.31 Å². The SMILES string of the molecule is CCOCCN(C)S(=O)(=O)CCl. The average Bonchev–Trinajstić information content (AvgIpc) is 2.05. The van der Waals surface area contributed by atoms with E-state index < -0.39 is 10.0 Å². The molecule has 0 saturated heterocycles. The predicted octanol–water partition coefficient (Wildman–Crippen LogP) is 0.481. The first-order chi connectivity index (χ1) is 5.54. The predicted molar refractivity (Wildman–Crippen MR) is 48.8 cm³/mol. The maximum atomic E-state index is 11.0. The Labute approximate surface area is 78.5 Å². The molecule has 12 heavy (non-hydrogen) atoms. The molecule has 0 amide bonds. The fraction of sp³-hybridized carbons (Fsp3) is 1.00. The molecule has 6 heteroatoms. The first-order valence-electron chi connectivity index (χ1n) is 3.62. The van der Waals surface area contributed by atoms with E-state index in [9.17, 15) is 8.42 Å². The van der Waals surface area contributed by atoms with Crippen LogP contribution < -0.4 is 0 Å². The molecule has 0 aromatic rings. The molecule has 0 aliphatic carbocycles. The van der Waals surface area contributed by atoms with Crippen molar-refractivity contribution in [3.63, 3.8) is 0 Å². The number of likely N-dealkylation sites (N-methyl/N-ethyl adjacent to an activating group) is 1. The Bertz CT molecular complexity index is 205. The number of nitrogens with zero attached hydrogens (tertiary/aromatic N) is 1. The molecule has 0 saturated carbocycles. The largest absolute Gasteiger partial charge is 0.380 e. The lowest BCUT2D eigenvalue weighted by molar-refractivity contribution is 0.138. The Morgan fingerprint density at radius 3 is 2.50 bits per heavy atom. The summed E-state index contributed by atoms with van der Waals surface area (Å²) in [7, 11) is -1.78. The van der Waals surface area contributed by atoms with Crippen LogP contribution >= 0.6 is 11.6 Å². The van der Waals surface area contributed by atoms with E-state index in [1.165, 1.54) is 11.4 Å². The van der Waals surface area contributed by atoms with Gasteiger partial charge in [-0.05, 0) is 6.92 Å². The molecule has 0 atom stereocenters. The van der Waals surface area contributed by atoms with Crippen molar-refractivity contribution >= 4 is 21.6 Å². The highest BCUT2D eigenvalue weighted by molar-refractivity contribution is 7.90. The van der Waals surface area contributed by atoms with Gasteiger partial charge in [-0.25, -0.2) is 12.7 Å². The van der Waals surface area contributed by atoms with Crippen molar-refractivity contribution in [3.05, 3.63) is 0 Å². The standard InChI is InChI=1S/C6H14ClNO3S/c1-3-11-5-4-8(2)12(9,10)6-7/h3-6H2,1-2H3. The molecule has 0 radical (unpaired) electrons. The molecular weight excluding hydrogens is 202 g/mol. The number of rotatable bonds is 6. The molecule has 0 aliphatic rings. The summed E-state index contributed by atoms with van der Waals surface area (Å²) in [5.41, 5.74) is 0. The highest BCUT2D eigenvalue weighted by atomic mass is 35.5. The maximum absolute atomic E-state index is 11.0. The van der Waals surface area contributed by atoms with Gasteiger partial charge in [0.05, 0.1) is 6.61 Å². The maximum Gasteiger partial charge on any atom is 0.227 e. The van der Waals surface area contributed by atoms with Crippen LogP contribution in [0, 0.1) is 0 Å². The van der Waals surface area contributed by atoms with Crippen molar-refractivity contribution in [2.45, 2.75) is 6.92 Å². The minimum atomic E-state index is -3.26. The average molecular weight is 216 g/mol. The Morgan fingerprint density at radius 2 is 2.08 bits per heavy atom. The van der Waals surface area contributed by atoms with Gasteiger partial charge in [-0.2, -0.15) is 0 Å². The van der Waals surface area contributed by atoms with Crippen LogP contribution in [0.4, 0.5) is 0 Å². The molecule has 0 heterocycles. The van der Waals surface area contributed by atoms with E-state index in [4.69, 9.17) is 16.3 Å². The Morgan fingerprint density at radius 1 is 1.50 bits per heavy atom. The zero-order valence-electron chi connectivity index (χ0n) is 7.29. The first kappa shape index (κ1) is 12.2. The summed E-state index contributed by atoms with van der Waals surface area (Å²) in [5, 5.41) is -0.379. The highest BCUT2D eigenvalue weighted by Crippen LogP contribution is 1.99. The van der Waals surface area contributed by atoms with Gasteiger partial charge in [0.15, 0.2) is 0 Å². The Hall–Kier alpha value is 0.160. The van der Waals surface area contributed by atoms with Crippen molar-refractivity contribution in [1.29, 1.82) is 0 Å². The van der Waals surface area contributed by atoms with Crippen LogP contribution in [0.15, 0.2) is 0 Å². The number of alkyl halides is 1. The summed E-state index contributed by atoms with van der Waals surface area (Å²) in [5.74, 6) is 0. The summed E-state index contributed by atoms with van der Waals surface area (Å²) < 4.78 is 28.2. The van der Waals surface area contributed by atoms with E-state index in [1.807, 2.05) is 6.92 Å². The van der Waals surface area contributed by atoms with E-state index >= 15 is 0 Å². The third-order valence-corrected chi connectivity index (χ3v) is 3.60. The molecule has 0 N–H and O–H groups in total. The van der Waals surface area contributed by atoms with E-state index in [-0.39, 0.29) is 5.21 Å². The number of halogens is 1. The lowest BCUT2D eigenvalue weighted by atomic mass is 10.7. The summed E-state index contributed by atoms with van der Waals surface area (Å²) in [6.07, 6.45) is 0. The lowest BCUT2D eigenvalue weighted by Crippen LogP contribution is -2.30. The van der Waals surface area contributed by atoms with E-state index in [1.54, 1.807) is 0 Å². The molecule has 0 aromatic carbocycles. The van der Waals surface area contributed by atoms with Crippen molar-refractivity contribution < 1.29 is 13.2 Å². The summed E-state index contributed by atoms with van der Waals surface area (Å²) in [6, 6.07) is 0. The topological polar surface area (TPSA) is 46.6 Å². The van der Waals surface area contributed by atoms with Gasteiger partial charge in [-0.3, -0.25) is 0 Å². The van der Waals surface area contributed by atoms with Gasteiger partial charge >= 0.3 is 0 Å². The fourth-order valence-corrected chi connectivity index (χ4v) is 1.58. The molecule has 4 nitrogen and oxygen atoms in total. The molecule has 0 aromatic heterocycles. The molecule has 0 rings (SSSR count). The third kappa shape index (κ3) is 4.25. The summed E-state index contributed by atoms with van der Waals surface area (Å²) in [6.45, 7) is 3.21. The van der Waals surface area contributed by atoms with E-state index in [0.29, 0.717) is 19.8 Å². The number of sulfonamides is 1. The second-order valence-electron chi connectivity index (χ2n) is 2.24. The fourth-order valence-electron chi connectivity index (χ4n) is 0.560. The first-order valence-corrected chi connectivity index (χ1v) is 5.76. The van der Waals surface area contributed by atoms with Gasteiger partial charge in [0.25, 0.3) is 0 Å². The highest BCUT2D eigenvalue weighted by Gasteiger charge is 2.14. The van der Waals surface area contributed by atoms with Gasteiger partial charge < -0.3 is 4.74 Å². The van der Waals surface area contributed by atoms with E-state index in [2.05, 4.69) is 0 Å². The molecule has 0 spiro atoms. The molecule has 74 valence electrons. The Balaban J connectivity index is 3.80. The van der Waals surface area contributed by atoms with Crippen LogP contribution in [0.3, 0.4) is 0 Å². The molecular formula is C6H14ClNO3S. The minimum absolute atomic E-state index is 0.350. The van der Waals surface area contributed by atoms with Crippen molar-refractivity contribution in [2.75, 3.05) is 32.0 Å². The minimum Gasteiger partial charge on any atom is -0.380 e. The van der Waals surface area contributed by atoms with Crippen LogP contribution in [0.25, 0.3) is 0 Å². The number of hydrogen-bond acceptors (Lipinski definition) is 3. The summed E-state index contributed by atoms with van der Waals surface area (Å²) in [4.78, 5) is 0. The second-order valence-corrected chi connectivity index (χ2v) is 4.90. The van der Waals surface area contributed by atoms with Crippen LogP contribution in [-0.4, -0.2) is 44.7 Å². The van der Waals surface area contributed by atoms with E-state index in [0.717, 1.165) is 0 Å². The van der Waals surface area contributed by atoms with Crippen molar-refractivity contribution in [2.24, 2.45) is 0 Å². The van der Waals surface area contributed by atoms with Gasteiger partial charge in [-0.15, -0.1) is 11.6 Å². The molecule has 0 bridgehead atoms. The van der Waals surface area contributed by atoms with Gasteiger partial charge in [0, 0.05) is 20.2 Å². The van der Waals surface area contributed by atoms with Gasteiger partial charge in [0.1, 0.15) is 5.21 Å². The monoisotopic (exact) mass is 215 g/mol. The molecule has 0 aliphatic heterocycles. The second kappa shape index (κ2) is 5.75. The quantitative estimate of drug-likeness (QED) is 0.478. The smallest absolute Gasteiger partial charge is 0.227 e. The van der Waals surface area contributed by atoms with Crippen LogP contribution in [0.5, 0.6) is 0 Å². The normalized spacial score (nSPS) is 12.3. The van der Waals surface area contributed by atoms with Gasteiger partial charge in [-0.1, -0.05) is 0 Å². The molecule has 0 unspecified atom stereocenters. The third-order valence-electron chi connectivity index (χ3n) is 1.37. The van der Waals surface area contributed by atoms with Crippen LogP contribution in [0.1, 0.15) is 6.92 Å². The molecule has 0 fully saturated rings.